The summed E-state index contributed by atoms with van der Waals surface area (Å²) in [5, 5.41) is 10.0. The summed E-state index contributed by atoms with van der Waals surface area (Å²) >= 11 is 0. The molecule has 0 heterocycles. The van der Waals surface area contributed by atoms with Gasteiger partial charge in [-0.25, -0.2) is 0 Å². The quantitative estimate of drug-likeness (QED) is 0.687. The van der Waals surface area contributed by atoms with Crippen LogP contribution in [0.5, 0.6) is 11.5 Å². The number of carbonyl (C=O) groups is 2. The Labute approximate surface area is 120 Å². The Morgan fingerprint density at radius 1 is 0.857 bits per heavy atom. The first kappa shape index (κ1) is 13.3. The molecule has 1 aliphatic rings. The van der Waals surface area contributed by atoms with Gasteiger partial charge in [0.05, 0.1) is 5.56 Å². The van der Waals surface area contributed by atoms with Crippen LogP contribution in [0.4, 0.5) is 0 Å². The number of hydrogen-bond donors (Lipinski definition) is 2. The van der Waals surface area contributed by atoms with Gasteiger partial charge in [-0.2, -0.15) is 8.42 Å². The second kappa shape index (κ2) is 4.71. The van der Waals surface area contributed by atoms with Gasteiger partial charge in [0.1, 0.15) is 0 Å². The molecule has 106 valence electrons. The Morgan fingerprint density at radius 3 is 2.10 bits per heavy atom. The second-order valence-electron chi connectivity index (χ2n) is 4.35. The van der Waals surface area contributed by atoms with Gasteiger partial charge in [0.2, 0.25) is 0 Å². The van der Waals surface area contributed by atoms with Crippen molar-refractivity contribution in [1.29, 1.82) is 0 Å². The molecule has 7 heteroatoms. The fourth-order valence-electron chi connectivity index (χ4n) is 2.30. The number of thiol groups is 1. The van der Waals surface area contributed by atoms with Crippen molar-refractivity contribution in [2.75, 3.05) is 0 Å². The van der Waals surface area contributed by atoms with E-state index in [-0.39, 0.29) is 28.0 Å². The maximum atomic E-state index is 12.4. The van der Waals surface area contributed by atoms with Crippen molar-refractivity contribution in [3.63, 3.8) is 0 Å². The average Bonchev–Trinajstić information content (AvgIpc) is 2.46. The lowest BCUT2D eigenvalue weighted by Crippen LogP contribution is -2.21. The van der Waals surface area contributed by atoms with Gasteiger partial charge in [-0.15, -0.1) is 0 Å². The van der Waals surface area contributed by atoms with Crippen LogP contribution in [0.3, 0.4) is 0 Å². The normalized spacial score (nSPS) is 13.0. The van der Waals surface area contributed by atoms with E-state index in [0.717, 1.165) is 6.07 Å². The predicted molar refractivity (Wildman–Crippen MR) is 72.4 cm³/mol. The van der Waals surface area contributed by atoms with Crippen molar-refractivity contribution in [2.24, 2.45) is 0 Å². The van der Waals surface area contributed by atoms with Crippen LogP contribution in [-0.2, 0) is 11.0 Å². The van der Waals surface area contributed by atoms with Gasteiger partial charge < -0.3 is 9.29 Å². The first-order valence-electron chi connectivity index (χ1n) is 5.87. The summed E-state index contributed by atoms with van der Waals surface area (Å²) in [6.07, 6.45) is 0. The van der Waals surface area contributed by atoms with E-state index < -0.39 is 28.3 Å². The van der Waals surface area contributed by atoms with E-state index in [1.165, 1.54) is 18.2 Å². The molecule has 1 N–H and O–H groups in total. The van der Waals surface area contributed by atoms with Crippen molar-refractivity contribution in [1.82, 2.24) is 0 Å². The minimum Gasteiger partial charge on any atom is -0.504 e. The smallest absolute Gasteiger partial charge is 0.299 e. The molecule has 0 saturated heterocycles. The molecule has 1 aliphatic carbocycles. The van der Waals surface area contributed by atoms with E-state index in [0.29, 0.717) is 0 Å². The molecular formula is C14H8O6S. The van der Waals surface area contributed by atoms with Gasteiger partial charge in [0.25, 0.3) is 11.0 Å². The van der Waals surface area contributed by atoms with Crippen LogP contribution in [0.2, 0.25) is 0 Å². The minimum atomic E-state index is -3.24. The number of rotatable bonds is 2. The van der Waals surface area contributed by atoms with Crippen LogP contribution in [0.15, 0.2) is 36.4 Å². The van der Waals surface area contributed by atoms with Gasteiger partial charge in [0, 0.05) is 16.7 Å². The maximum absolute atomic E-state index is 12.4. The summed E-state index contributed by atoms with van der Waals surface area (Å²) in [5.41, 5.74) is 0.185. The summed E-state index contributed by atoms with van der Waals surface area (Å²) in [5.74, 6) is -2.00. The number of fused-ring (bicyclic) bond motifs is 2. The minimum absolute atomic E-state index is 0.0182. The van der Waals surface area contributed by atoms with Crippen LogP contribution in [-0.4, -0.2) is 25.1 Å². The second-order valence-corrected chi connectivity index (χ2v) is 4.98. The van der Waals surface area contributed by atoms with Crippen LogP contribution >= 0.6 is 0 Å². The average molecular weight is 304 g/mol. The van der Waals surface area contributed by atoms with Gasteiger partial charge in [-0.1, -0.05) is 24.3 Å². The van der Waals surface area contributed by atoms with Crippen molar-refractivity contribution >= 4 is 22.6 Å². The van der Waals surface area contributed by atoms with Gasteiger partial charge >= 0.3 is 0 Å². The van der Waals surface area contributed by atoms with Gasteiger partial charge in [-0.05, 0) is 12.1 Å². The van der Waals surface area contributed by atoms with Crippen molar-refractivity contribution in [2.45, 2.75) is 0 Å². The first-order chi connectivity index (χ1) is 10.0. The molecule has 0 saturated carbocycles. The molecule has 0 radical (unpaired) electrons. The standard InChI is InChI=1S/C14H8O6S/c15-12-7-3-1-2-4-8(7)13(16)11-9(12)5-6-10(14(11)17)20-21(18)19/h1-6,17,21H. The van der Waals surface area contributed by atoms with Crippen molar-refractivity contribution < 1.29 is 27.3 Å². The fraction of sp³-hybridized carbons (Fsp3) is 0. The van der Waals surface area contributed by atoms with Crippen LogP contribution in [0, 0.1) is 0 Å². The third kappa shape index (κ3) is 1.98. The van der Waals surface area contributed by atoms with Crippen LogP contribution < -0.4 is 4.18 Å². The highest BCUT2D eigenvalue weighted by Gasteiger charge is 2.33. The molecule has 3 rings (SSSR count). The highest BCUT2D eigenvalue weighted by molar-refractivity contribution is 7.67. The summed E-state index contributed by atoms with van der Waals surface area (Å²) in [6.45, 7) is 0. The molecule has 0 fully saturated rings. The zero-order chi connectivity index (χ0) is 15.1. The van der Waals surface area contributed by atoms with E-state index in [2.05, 4.69) is 4.18 Å². The monoisotopic (exact) mass is 304 g/mol. The molecule has 21 heavy (non-hydrogen) atoms. The number of benzene rings is 2. The number of phenols is 1. The van der Waals surface area contributed by atoms with Gasteiger partial charge in [0.15, 0.2) is 23.1 Å². The molecule has 0 unspecified atom stereocenters. The summed E-state index contributed by atoms with van der Waals surface area (Å²) in [7, 11) is -3.24. The molecule has 6 nitrogen and oxygen atoms in total. The number of hydrogen-bond acceptors (Lipinski definition) is 6. The Kier molecular flexibility index (Phi) is 2.99. The first-order valence-corrected chi connectivity index (χ1v) is 6.97. The lowest BCUT2D eigenvalue weighted by Gasteiger charge is -2.18. The molecule has 2 aromatic rings. The summed E-state index contributed by atoms with van der Waals surface area (Å²) in [6, 6.07) is 8.63. The highest BCUT2D eigenvalue weighted by Crippen LogP contribution is 2.38. The predicted octanol–water partition coefficient (Wildman–Crippen LogP) is 1.07. The lowest BCUT2D eigenvalue weighted by atomic mass is 9.83. The topological polar surface area (TPSA) is 97.7 Å². The molecule has 0 amide bonds. The molecule has 2 aromatic carbocycles. The lowest BCUT2D eigenvalue weighted by molar-refractivity contribution is 0.0976. The van der Waals surface area contributed by atoms with E-state index in [4.69, 9.17) is 0 Å². The zero-order valence-electron chi connectivity index (χ0n) is 10.4. The highest BCUT2D eigenvalue weighted by atomic mass is 32.2. The third-order valence-electron chi connectivity index (χ3n) is 3.20. The SMILES string of the molecule is O=C1c2ccccc2C(=O)c2c1ccc(O[SH](=O)=O)c2O. The number of aromatic hydroxyl groups is 1. The fourth-order valence-corrected chi connectivity index (χ4v) is 2.61. The van der Waals surface area contributed by atoms with Crippen LogP contribution in [0.1, 0.15) is 31.8 Å². The Morgan fingerprint density at radius 2 is 1.48 bits per heavy atom. The molecular weight excluding hydrogens is 296 g/mol. The van der Waals surface area contributed by atoms with Crippen molar-refractivity contribution in [3.8, 4) is 11.5 Å². The third-order valence-corrected chi connectivity index (χ3v) is 3.55. The Balaban J connectivity index is 2.26. The number of ketones is 2. The summed E-state index contributed by atoms with van der Waals surface area (Å²) in [4.78, 5) is 24.7. The summed E-state index contributed by atoms with van der Waals surface area (Å²) < 4.78 is 25.6. The Bertz CT molecular complexity index is 858. The molecule has 0 aromatic heterocycles. The van der Waals surface area contributed by atoms with E-state index in [1.807, 2.05) is 0 Å². The molecule has 0 spiro atoms. The molecule has 0 atom stereocenters. The van der Waals surface area contributed by atoms with E-state index in [1.54, 1.807) is 12.1 Å². The number of phenolic OH excluding ortho intramolecular Hbond substituents is 1. The van der Waals surface area contributed by atoms with E-state index >= 15 is 0 Å². The van der Waals surface area contributed by atoms with E-state index in [9.17, 15) is 23.1 Å². The van der Waals surface area contributed by atoms with Gasteiger partial charge in [-0.3, -0.25) is 9.59 Å². The zero-order valence-corrected chi connectivity index (χ0v) is 11.3. The Hall–Kier alpha value is -2.67. The van der Waals surface area contributed by atoms with Crippen LogP contribution in [0.25, 0.3) is 0 Å². The largest absolute Gasteiger partial charge is 0.504 e. The van der Waals surface area contributed by atoms with Crippen molar-refractivity contribution in [3.05, 3.63) is 58.7 Å². The molecule has 0 bridgehead atoms. The molecule has 0 aliphatic heterocycles. The number of carbonyl (C=O) groups excluding carboxylic acids is 2. The maximum Gasteiger partial charge on any atom is 0.299 e.